The highest BCUT2D eigenvalue weighted by Crippen LogP contribution is 2.32. The predicted octanol–water partition coefficient (Wildman–Crippen LogP) is 2.86. The van der Waals surface area contributed by atoms with Gasteiger partial charge in [0.2, 0.25) is 0 Å². The molecule has 1 N–H and O–H groups in total. The molecule has 4 rings (SSSR count). The molecule has 2 heterocycles. The summed E-state index contributed by atoms with van der Waals surface area (Å²) < 4.78 is 7.01. The molecule has 1 fully saturated rings. The van der Waals surface area contributed by atoms with Crippen molar-refractivity contribution in [1.82, 2.24) is 25.1 Å². The van der Waals surface area contributed by atoms with Gasteiger partial charge in [-0.3, -0.25) is 4.79 Å². The molecule has 134 valence electrons. The quantitative estimate of drug-likeness (QED) is 0.782. The number of ether oxygens (including phenoxy) is 1. The average Bonchev–Trinajstić information content (AvgIpc) is 3.16. The van der Waals surface area contributed by atoms with Crippen molar-refractivity contribution in [1.29, 1.82) is 0 Å². The molecule has 0 bridgehead atoms. The molecule has 0 radical (unpaired) electrons. The van der Waals surface area contributed by atoms with E-state index in [0.29, 0.717) is 17.1 Å². The first-order valence-electron chi connectivity index (χ1n) is 8.91. The fraction of sp³-hybridized carbons (Fsp3) is 0.368. The molecule has 0 unspecified atom stereocenters. The smallest absolute Gasteiger partial charge is 0.271 e. The van der Waals surface area contributed by atoms with Crippen LogP contribution in [0.15, 0.2) is 36.7 Å². The lowest BCUT2D eigenvalue weighted by atomic mass is 9.95. The summed E-state index contributed by atoms with van der Waals surface area (Å²) in [5.41, 5.74) is 2.55. The van der Waals surface area contributed by atoms with Crippen LogP contribution in [0.4, 0.5) is 0 Å². The Hall–Kier alpha value is -2.96. The number of aromatic nitrogens is 4. The van der Waals surface area contributed by atoms with Crippen LogP contribution >= 0.6 is 0 Å². The summed E-state index contributed by atoms with van der Waals surface area (Å²) in [7, 11) is 1.62. The maximum atomic E-state index is 12.8. The van der Waals surface area contributed by atoms with Crippen molar-refractivity contribution in [3.8, 4) is 16.9 Å². The van der Waals surface area contributed by atoms with Crippen LogP contribution in [0.2, 0.25) is 0 Å². The molecule has 7 nitrogen and oxygen atoms in total. The van der Waals surface area contributed by atoms with Gasteiger partial charge in [0.05, 0.1) is 7.11 Å². The summed E-state index contributed by atoms with van der Waals surface area (Å²) in [6.45, 7) is 0. The minimum absolute atomic E-state index is 0.163. The second kappa shape index (κ2) is 7.11. The highest BCUT2D eigenvalue weighted by molar-refractivity contribution is 5.95. The molecular weight excluding hydrogens is 330 g/mol. The van der Waals surface area contributed by atoms with Gasteiger partial charge in [-0.15, -0.1) is 10.2 Å². The Balaban J connectivity index is 1.74. The standard InChI is InChI=1S/C19H21N5O2/c1-26-17-10-6-5-9-14(17)15-11-16(23-24-12-20-22-18(15)24)19(25)21-13-7-3-2-4-8-13/h5-6,9-13H,2-4,7-8H2,1H3,(H,21,25). The number of benzene rings is 1. The van der Waals surface area contributed by atoms with E-state index in [1.807, 2.05) is 24.3 Å². The predicted molar refractivity (Wildman–Crippen MR) is 97.1 cm³/mol. The number of amides is 1. The van der Waals surface area contributed by atoms with Crippen LogP contribution in [0, 0.1) is 0 Å². The molecule has 2 aromatic heterocycles. The Labute approximate surface area is 151 Å². The van der Waals surface area contributed by atoms with Gasteiger partial charge < -0.3 is 10.1 Å². The van der Waals surface area contributed by atoms with Crippen LogP contribution in [-0.4, -0.2) is 38.9 Å². The van der Waals surface area contributed by atoms with Gasteiger partial charge in [0.1, 0.15) is 17.8 Å². The summed E-state index contributed by atoms with van der Waals surface area (Å²) in [5, 5.41) is 15.6. The van der Waals surface area contributed by atoms with Gasteiger partial charge in [-0.25, -0.2) is 0 Å². The molecule has 3 aromatic rings. The summed E-state index contributed by atoms with van der Waals surface area (Å²) in [5.74, 6) is 0.547. The first kappa shape index (κ1) is 16.5. The second-order valence-corrected chi connectivity index (χ2v) is 6.55. The minimum Gasteiger partial charge on any atom is -0.496 e. The van der Waals surface area contributed by atoms with Gasteiger partial charge in [0, 0.05) is 17.2 Å². The fourth-order valence-corrected chi connectivity index (χ4v) is 3.51. The number of hydrogen-bond donors (Lipinski definition) is 1. The zero-order chi connectivity index (χ0) is 17.9. The maximum absolute atomic E-state index is 12.8. The first-order valence-corrected chi connectivity index (χ1v) is 8.91. The second-order valence-electron chi connectivity index (χ2n) is 6.55. The van der Waals surface area contributed by atoms with Crippen LogP contribution in [0.5, 0.6) is 5.75 Å². The highest BCUT2D eigenvalue weighted by Gasteiger charge is 2.20. The number of para-hydroxylation sites is 1. The zero-order valence-electron chi connectivity index (χ0n) is 14.7. The Morgan fingerprint density at radius 3 is 2.81 bits per heavy atom. The maximum Gasteiger partial charge on any atom is 0.271 e. The monoisotopic (exact) mass is 351 g/mol. The number of rotatable bonds is 4. The summed E-state index contributed by atoms with van der Waals surface area (Å²) >= 11 is 0. The molecule has 1 aliphatic carbocycles. The van der Waals surface area contributed by atoms with E-state index in [4.69, 9.17) is 4.74 Å². The van der Waals surface area contributed by atoms with Gasteiger partial charge in [-0.1, -0.05) is 37.5 Å². The van der Waals surface area contributed by atoms with Crippen LogP contribution in [-0.2, 0) is 0 Å². The van der Waals surface area contributed by atoms with E-state index in [-0.39, 0.29) is 11.9 Å². The number of nitrogens with zero attached hydrogens (tertiary/aromatic N) is 4. The third-order valence-corrected chi connectivity index (χ3v) is 4.84. The topological polar surface area (TPSA) is 81.4 Å². The molecule has 1 aromatic carbocycles. The van der Waals surface area contributed by atoms with Gasteiger partial charge in [0.15, 0.2) is 5.65 Å². The normalized spacial score (nSPS) is 15.1. The average molecular weight is 351 g/mol. The Bertz CT molecular complexity index is 931. The van der Waals surface area contributed by atoms with Crippen LogP contribution in [0.1, 0.15) is 42.6 Å². The Kier molecular flexibility index (Phi) is 4.51. The number of hydrogen-bond acceptors (Lipinski definition) is 5. The van der Waals surface area contributed by atoms with Crippen molar-refractivity contribution in [2.45, 2.75) is 38.1 Å². The van der Waals surface area contributed by atoms with E-state index in [1.165, 1.54) is 17.3 Å². The van der Waals surface area contributed by atoms with E-state index >= 15 is 0 Å². The van der Waals surface area contributed by atoms with E-state index in [9.17, 15) is 4.79 Å². The van der Waals surface area contributed by atoms with Crippen molar-refractivity contribution >= 4 is 11.6 Å². The number of fused-ring (bicyclic) bond motifs is 1. The molecule has 0 atom stereocenters. The molecular formula is C19H21N5O2. The van der Waals surface area contributed by atoms with Gasteiger partial charge in [-0.2, -0.15) is 9.61 Å². The molecule has 1 saturated carbocycles. The summed E-state index contributed by atoms with van der Waals surface area (Å²) in [6, 6.07) is 9.63. The van der Waals surface area contributed by atoms with Gasteiger partial charge >= 0.3 is 0 Å². The molecule has 0 saturated heterocycles. The molecule has 1 amide bonds. The van der Waals surface area contributed by atoms with Crippen LogP contribution in [0.25, 0.3) is 16.8 Å². The largest absolute Gasteiger partial charge is 0.496 e. The first-order chi connectivity index (χ1) is 12.8. The Morgan fingerprint density at radius 2 is 2.00 bits per heavy atom. The molecule has 26 heavy (non-hydrogen) atoms. The lowest BCUT2D eigenvalue weighted by Crippen LogP contribution is -2.36. The van der Waals surface area contributed by atoms with Crippen molar-refractivity contribution < 1.29 is 9.53 Å². The lowest BCUT2D eigenvalue weighted by Gasteiger charge is -2.22. The lowest BCUT2D eigenvalue weighted by molar-refractivity contribution is 0.0921. The third-order valence-electron chi connectivity index (χ3n) is 4.84. The van der Waals surface area contributed by atoms with Crippen molar-refractivity contribution in [3.63, 3.8) is 0 Å². The highest BCUT2D eigenvalue weighted by atomic mass is 16.5. The molecule has 7 heteroatoms. The number of carbonyl (C=O) groups excluding carboxylic acids is 1. The molecule has 1 aliphatic rings. The van der Waals surface area contributed by atoms with Gasteiger partial charge in [-0.05, 0) is 25.0 Å². The minimum atomic E-state index is -0.163. The van der Waals surface area contributed by atoms with Crippen LogP contribution in [0.3, 0.4) is 0 Å². The molecule has 0 spiro atoms. The Morgan fingerprint density at radius 1 is 1.19 bits per heavy atom. The summed E-state index contributed by atoms with van der Waals surface area (Å²) in [4.78, 5) is 12.8. The fourth-order valence-electron chi connectivity index (χ4n) is 3.51. The van der Waals surface area contributed by atoms with Crippen molar-refractivity contribution in [3.05, 3.63) is 42.4 Å². The van der Waals surface area contributed by atoms with Crippen molar-refractivity contribution in [2.24, 2.45) is 0 Å². The SMILES string of the molecule is COc1ccccc1-c1cc(C(=O)NC2CCCCC2)nn2cnnc12. The van der Waals surface area contributed by atoms with Gasteiger partial charge in [0.25, 0.3) is 5.91 Å². The number of nitrogens with one attached hydrogen (secondary N) is 1. The number of methoxy groups -OCH3 is 1. The molecule has 0 aliphatic heterocycles. The number of carbonyl (C=O) groups is 1. The van der Waals surface area contributed by atoms with E-state index in [0.717, 1.165) is 36.8 Å². The van der Waals surface area contributed by atoms with Crippen LogP contribution < -0.4 is 10.1 Å². The van der Waals surface area contributed by atoms with E-state index < -0.39 is 0 Å². The summed E-state index contributed by atoms with van der Waals surface area (Å²) in [6.07, 6.45) is 7.13. The third kappa shape index (κ3) is 3.12. The van der Waals surface area contributed by atoms with E-state index in [2.05, 4.69) is 20.6 Å². The van der Waals surface area contributed by atoms with Crippen molar-refractivity contribution in [2.75, 3.05) is 7.11 Å². The zero-order valence-corrected chi connectivity index (χ0v) is 14.7. The van der Waals surface area contributed by atoms with E-state index in [1.54, 1.807) is 13.2 Å².